The first kappa shape index (κ1) is 20.7. The minimum Gasteiger partial charge on any atom is -0.345 e. The van der Waals surface area contributed by atoms with Gasteiger partial charge in [0.1, 0.15) is 5.82 Å². The quantitative estimate of drug-likeness (QED) is 0.683. The van der Waals surface area contributed by atoms with Crippen molar-refractivity contribution in [1.29, 1.82) is 0 Å². The fourth-order valence-corrected chi connectivity index (χ4v) is 3.97. The molecule has 4 rings (SSSR count). The number of nitrogens with zero attached hydrogens (tertiary/aromatic N) is 2. The van der Waals surface area contributed by atoms with Gasteiger partial charge in [-0.1, -0.05) is 30.3 Å². The number of piperidine rings is 1. The average molecular weight is 417 g/mol. The highest BCUT2D eigenvalue weighted by atomic mass is 19.1. The monoisotopic (exact) mass is 417 g/mol. The summed E-state index contributed by atoms with van der Waals surface area (Å²) in [5.74, 6) is -0.935. The lowest BCUT2D eigenvalue weighted by Gasteiger charge is -2.33. The Kier molecular flexibility index (Phi) is 6.36. The Hall–Kier alpha value is -3.54. The molecule has 2 atom stereocenters. The normalized spacial score (nSPS) is 17.1. The summed E-state index contributed by atoms with van der Waals surface area (Å²) in [7, 11) is 0. The van der Waals surface area contributed by atoms with Crippen molar-refractivity contribution in [2.75, 3.05) is 13.1 Å². The maximum atomic E-state index is 13.2. The third-order valence-corrected chi connectivity index (χ3v) is 5.63. The fraction of sp³-hybridized carbons (Fsp3) is 0.240. The van der Waals surface area contributed by atoms with E-state index in [1.165, 1.54) is 24.3 Å². The van der Waals surface area contributed by atoms with Crippen LogP contribution in [0.3, 0.4) is 0 Å². The average Bonchev–Trinajstić information content (AvgIpc) is 2.83. The summed E-state index contributed by atoms with van der Waals surface area (Å²) in [6.07, 6.45) is 4.88. The summed E-state index contributed by atoms with van der Waals surface area (Å²) in [4.78, 5) is 31.8. The van der Waals surface area contributed by atoms with Gasteiger partial charge in [-0.15, -0.1) is 0 Å². The molecule has 0 bridgehead atoms. The molecule has 0 radical (unpaired) electrons. The van der Waals surface area contributed by atoms with Gasteiger partial charge in [0.2, 0.25) is 5.91 Å². The summed E-state index contributed by atoms with van der Waals surface area (Å²) < 4.78 is 13.2. The van der Waals surface area contributed by atoms with Crippen molar-refractivity contribution in [1.82, 2.24) is 15.2 Å². The number of rotatable bonds is 5. The highest BCUT2D eigenvalue weighted by Gasteiger charge is 2.30. The lowest BCUT2D eigenvalue weighted by molar-refractivity contribution is -0.126. The van der Waals surface area contributed by atoms with Crippen molar-refractivity contribution in [3.05, 3.63) is 102 Å². The Labute approximate surface area is 180 Å². The van der Waals surface area contributed by atoms with Crippen LogP contribution in [-0.4, -0.2) is 34.8 Å². The number of carbonyl (C=O) groups excluding carboxylic acids is 2. The van der Waals surface area contributed by atoms with Gasteiger partial charge in [0, 0.05) is 31.0 Å². The molecule has 0 aliphatic carbocycles. The highest BCUT2D eigenvalue weighted by Crippen LogP contribution is 2.24. The van der Waals surface area contributed by atoms with E-state index in [1.54, 1.807) is 17.3 Å². The predicted molar refractivity (Wildman–Crippen MR) is 116 cm³/mol. The van der Waals surface area contributed by atoms with Crippen molar-refractivity contribution in [2.24, 2.45) is 5.92 Å². The molecule has 6 heteroatoms. The van der Waals surface area contributed by atoms with Gasteiger partial charge in [-0.2, -0.15) is 0 Å². The Morgan fingerprint density at radius 1 is 0.968 bits per heavy atom. The number of benzene rings is 2. The van der Waals surface area contributed by atoms with E-state index in [1.807, 2.05) is 42.5 Å². The summed E-state index contributed by atoms with van der Waals surface area (Å²) in [6, 6.07) is 18.8. The molecule has 2 unspecified atom stereocenters. The molecule has 1 aromatic heterocycles. The van der Waals surface area contributed by atoms with E-state index >= 15 is 0 Å². The number of carbonyl (C=O) groups is 2. The largest absolute Gasteiger partial charge is 0.345 e. The molecule has 0 spiro atoms. The lowest BCUT2D eigenvalue weighted by Crippen LogP contribution is -2.46. The first-order chi connectivity index (χ1) is 15.1. The highest BCUT2D eigenvalue weighted by molar-refractivity contribution is 5.94. The van der Waals surface area contributed by atoms with Gasteiger partial charge >= 0.3 is 0 Å². The zero-order chi connectivity index (χ0) is 21.6. The minimum absolute atomic E-state index is 0.0812. The smallest absolute Gasteiger partial charge is 0.253 e. The van der Waals surface area contributed by atoms with Crippen molar-refractivity contribution in [2.45, 2.75) is 18.9 Å². The SMILES string of the molecule is O=C(NC(c1ccccc1)c1ccncc1)C1CCCN(C(=O)c2ccc(F)cc2)C1. The van der Waals surface area contributed by atoms with E-state index in [9.17, 15) is 14.0 Å². The molecule has 31 heavy (non-hydrogen) atoms. The fourth-order valence-electron chi connectivity index (χ4n) is 3.97. The van der Waals surface area contributed by atoms with Crippen LogP contribution in [0.15, 0.2) is 79.1 Å². The van der Waals surface area contributed by atoms with Crippen LogP contribution in [0, 0.1) is 11.7 Å². The summed E-state index contributed by atoms with van der Waals surface area (Å²) in [5.41, 5.74) is 2.36. The van der Waals surface area contributed by atoms with Crippen LogP contribution in [0.1, 0.15) is 40.4 Å². The van der Waals surface area contributed by atoms with Crippen LogP contribution in [0.2, 0.25) is 0 Å². The number of halogens is 1. The third kappa shape index (κ3) is 4.97. The molecule has 0 saturated carbocycles. The maximum absolute atomic E-state index is 13.2. The molecule has 1 aliphatic heterocycles. The third-order valence-electron chi connectivity index (χ3n) is 5.63. The summed E-state index contributed by atoms with van der Waals surface area (Å²) in [6.45, 7) is 0.937. The number of hydrogen-bond donors (Lipinski definition) is 1. The molecule has 1 N–H and O–H groups in total. The number of amides is 2. The van der Waals surface area contributed by atoms with Gasteiger partial charge in [0.05, 0.1) is 12.0 Å². The van der Waals surface area contributed by atoms with E-state index in [0.29, 0.717) is 18.7 Å². The van der Waals surface area contributed by atoms with E-state index in [2.05, 4.69) is 10.3 Å². The molecule has 158 valence electrons. The van der Waals surface area contributed by atoms with E-state index in [0.717, 1.165) is 24.0 Å². The van der Waals surface area contributed by atoms with Crippen LogP contribution in [0.5, 0.6) is 0 Å². The standard InChI is InChI=1S/C25H24FN3O2/c26-22-10-8-20(9-11-22)25(31)29-16-4-7-21(17-29)24(30)28-23(18-5-2-1-3-6-18)19-12-14-27-15-13-19/h1-3,5-6,8-15,21,23H,4,7,16-17H2,(H,28,30). The lowest BCUT2D eigenvalue weighted by atomic mass is 9.94. The van der Waals surface area contributed by atoms with E-state index in [4.69, 9.17) is 0 Å². The van der Waals surface area contributed by atoms with Crippen LogP contribution >= 0.6 is 0 Å². The predicted octanol–water partition coefficient (Wildman–Crippen LogP) is 3.98. The molecule has 5 nitrogen and oxygen atoms in total. The molecule has 2 amide bonds. The number of likely N-dealkylation sites (tertiary alicyclic amines) is 1. The van der Waals surface area contributed by atoms with Gasteiger partial charge in [-0.25, -0.2) is 4.39 Å². The second kappa shape index (κ2) is 9.51. The zero-order valence-electron chi connectivity index (χ0n) is 17.1. The molecular weight excluding hydrogens is 393 g/mol. The Morgan fingerprint density at radius 2 is 1.65 bits per heavy atom. The van der Waals surface area contributed by atoms with Crippen LogP contribution in [-0.2, 0) is 4.79 Å². The molecular formula is C25H24FN3O2. The van der Waals surface area contributed by atoms with E-state index < -0.39 is 0 Å². The first-order valence-electron chi connectivity index (χ1n) is 10.4. The van der Waals surface area contributed by atoms with Gasteiger partial charge in [0.25, 0.3) is 5.91 Å². The van der Waals surface area contributed by atoms with Crippen molar-refractivity contribution >= 4 is 11.8 Å². The van der Waals surface area contributed by atoms with Crippen molar-refractivity contribution in [3.63, 3.8) is 0 Å². The maximum Gasteiger partial charge on any atom is 0.253 e. The van der Waals surface area contributed by atoms with Gasteiger partial charge < -0.3 is 10.2 Å². The molecule has 1 saturated heterocycles. The molecule has 2 heterocycles. The second-order valence-electron chi connectivity index (χ2n) is 7.73. The molecule has 3 aromatic rings. The Balaban J connectivity index is 1.48. The topological polar surface area (TPSA) is 62.3 Å². The number of nitrogens with one attached hydrogen (secondary N) is 1. The van der Waals surface area contributed by atoms with Gasteiger partial charge in [-0.3, -0.25) is 14.6 Å². The van der Waals surface area contributed by atoms with Crippen LogP contribution < -0.4 is 5.32 Å². The number of pyridine rings is 1. The van der Waals surface area contributed by atoms with Crippen LogP contribution in [0.4, 0.5) is 4.39 Å². The Morgan fingerprint density at radius 3 is 2.35 bits per heavy atom. The summed E-state index contributed by atoms with van der Waals surface area (Å²) in [5, 5.41) is 3.17. The van der Waals surface area contributed by atoms with Crippen molar-refractivity contribution < 1.29 is 14.0 Å². The Bertz CT molecular complexity index is 986. The molecule has 1 aliphatic rings. The first-order valence-corrected chi connectivity index (χ1v) is 10.4. The van der Waals surface area contributed by atoms with Gasteiger partial charge in [0.15, 0.2) is 0 Å². The number of aromatic nitrogens is 1. The number of hydrogen-bond acceptors (Lipinski definition) is 3. The molecule has 2 aromatic carbocycles. The van der Waals surface area contributed by atoms with Crippen LogP contribution in [0.25, 0.3) is 0 Å². The van der Waals surface area contributed by atoms with Gasteiger partial charge in [-0.05, 0) is 60.4 Å². The minimum atomic E-state index is -0.379. The molecule has 1 fully saturated rings. The zero-order valence-corrected chi connectivity index (χ0v) is 17.1. The second-order valence-corrected chi connectivity index (χ2v) is 7.73. The van der Waals surface area contributed by atoms with E-state index in [-0.39, 0.29) is 29.6 Å². The van der Waals surface area contributed by atoms with Crippen molar-refractivity contribution in [3.8, 4) is 0 Å². The summed E-state index contributed by atoms with van der Waals surface area (Å²) >= 11 is 0.